The highest BCUT2D eigenvalue weighted by Crippen LogP contribution is 2.23. The van der Waals surface area contributed by atoms with E-state index in [2.05, 4.69) is 17.2 Å². The second kappa shape index (κ2) is 6.26. The summed E-state index contributed by atoms with van der Waals surface area (Å²) in [6.45, 7) is 1.52. The third-order valence-electron chi connectivity index (χ3n) is 3.25. The van der Waals surface area contributed by atoms with E-state index in [1.54, 1.807) is 0 Å². The smallest absolute Gasteiger partial charge is 0.221 e. The fraction of sp³-hybridized carbons (Fsp3) is 0.438. The minimum Gasteiger partial charge on any atom is -0.325 e. The van der Waals surface area contributed by atoms with Gasteiger partial charge in [-0.3, -0.25) is 4.79 Å². The highest BCUT2D eigenvalue weighted by molar-refractivity contribution is 5.90. The summed E-state index contributed by atoms with van der Waals surface area (Å²) in [5.74, 6) is 7.05. The lowest BCUT2D eigenvalue weighted by Gasteiger charge is -2.15. The molecule has 0 aromatic heterocycles. The molecule has 2 heteroatoms. The fourth-order valence-corrected chi connectivity index (χ4v) is 2.32. The molecule has 0 unspecified atom stereocenters. The van der Waals surface area contributed by atoms with Crippen LogP contribution in [0.2, 0.25) is 0 Å². The van der Waals surface area contributed by atoms with E-state index in [9.17, 15) is 4.79 Å². The molecule has 1 aliphatic rings. The second-order valence-corrected chi connectivity index (χ2v) is 4.83. The molecule has 1 aromatic rings. The predicted octanol–water partition coefficient (Wildman–Crippen LogP) is 3.58. The largest absolute Gasteiger partial charge is 0.325 e. The van der Waals surface area contributed by atoms with Crippen LogP contribution in [0.3, 0.4) is 0 Å². The number of benzene rings is 1. The topological polar surface area (TPSA) is 29.1 Å². The van der Waals surface area contributed by atoms with Gasteiger partial charge in [-0.1, -0.05) is 43.2 Å². The van der Waals surface area contributed by atoms with Crippen molar-refractivity contribution in [2.45, 2.75) is 39.0 Å². The van der Waals surface area contributed by atoms with Gasteiger partial charge in [0.05, 0.1) is 5.69 Å². The van der Waals surface area contributed by atoms with Crippen LogP contribution in [-0.2, 0) is 4.79 Å². The van der Waals surface area contributed by atoms with Gasteiger partial charge in [0.1, 0.15) is 0 Å². The molecule has 1 amide bonds. The van der Waals surface area contributed by atoms with Crippen LogP contribution >= 0.6 is 0 Å². The number of carbonyl (C=O) groups excluding carboxylic acids is 1. The minimum atomic E-state index is -0.0538. The Morgan fingerprint density at radius 3 is 2.67 bits per heavy atom. The molecule has 94 valence electrons. The summed E-state index contributed by atoms with van der Waals surface area (Å²) in [6.07, 6.45) is 6.38. The molecule has 1 fully saturated rings. The highest BCUT2D eigenvalue weighted by Gasteiger charge is 2.10. The van der Waals surface area contributed by atoms with Crippen molar-refractivity contribution < 1.29 is 4.79 Å². The van der Waals surface area contributed by atoms with E-state index >= 15 is 0 Å². The lowest BCUT2D eigenvalue weighted by Crippen LogP contribution is -2.07. The molecule has 0 heterocycles. The summed E-state index contributed by atoms with van der Waals surface area (Å²) in [5.41, 5.74) is 1.73. The maximum absolute atomic E-state index is 11.1. The Hall–Kier alpha value is -1.75. The minimum absolute atomic E-state index is 0.0538. The number of para-hydroxylation sites is 1. The highest BCUT2D eigenvalue weighted by atomic mass is 16.1. The van der Waals surface area contributed by atoms with Gasteiger partial charge < -0.3 is 5.32 Å². The molecule has 0 saturated heterocycles. The lowest BCUT2D eigenvalue weighted by atomic mass is 9.89. The summed E-state index contributed by atoms with van der Waals surface area (Å²) >= 11 is 0. The third kappa shape index (κ3) is 3.63. The van der Waals surface area contributed by atoms with Gasteiger partial charge in [-0.25, -0.2) is 0 Å². The van der Waals surface area contributed by atoms with Gasteiger partial charge in [0, 0.05) is 18.4 Å². The first-order chi connectivity index (χ1) is 8.75. The lowest BCUT2D eigenvalue weighted by molar-refractivity contribution is -0.114. The summed E-state index contributed by atoms with van der Waals surface area (Å²) in [6, 6.07) is 7.72. The Labute approximate surface area is 109 Å². The fourth-order valence-electron chi connectivity index (χ4n) is 2.32. The van der Waals surface area contributed by atoms with Crippen molar-refractivity contribution in [1.82, 2.24) is 0 Å². The zero-order valence-electron chi connectivity index (χ0n) is 10.8. The first-order valence-electron chi connectivity index (χ1n) is 6.64. The van der Waals surface area contributed by atoms with E-state index < -0.39 is 0 Å². The first kappa shape index (κ1) is 12.7. The Balaban J connectivity index is 2.12. The first-order valence-corrected chi connectivity index (χ1v) is 6.64. The van der Waals surface area contributed by atoms with Gasteiger partial charge in [-0.2, -0.15) is 0 Å². The molecule has 1 N–H and O–H groups in total. The van der Waals surface area contributed by atoms with Crippen LogP contribution in [0.1, 0.15) is 44.6 Å². The van der Waals surface area contributed by atoms with E-state index in [0.29, 0.717) is 5.92 Å². The van der Waals surface area contributed by atoms with Crippen LogP contribution in [0.5, 0.6) is 0 Å². The van der Waals surface area contributed by atoms with Gasteiger partial charge in [-0.15, -0.1) is 0 Å². The number of rotatable bonds is 1. The van der Waals surface area contributed by atoms with Crippen molar-refractivity contribution in [2.75, 3.05) is 5.32 Å². The van der Waals surface area contributed by atoms with Gasteiger partial charge in [0.2, 0.25) is 5.91 Å². The Morgan fingerprint density at radius 1 is 1.22 bits per heavy atom. The van der Waals surface area contributed by atoms with Crippen molar-refractivity contribution in [3.63, 3.8) is 0 Å². The summed E-state index contributed by atoms with van der Waals surface area (Å²) in [7, 11) is 0. The van der Waals surface area contributed by atoms with Gasteiger partial charge >= 0.3 is 0 Å². The number of hydrogen-bond donors (Lipinski definition) is 1. The maximum Gasteiger partial charge on any atom is 0.221 e. The van der Waals surface area contributed by atoms with Crippen molar-refractivity contribution in [3.8, 4) is 11.8 Å². The molecular formula is C16H19NO. The number of amides is 1. The Morgan fingerprint density at radius 2 is 1.94 bits per heavy atom. The average molecular weight is 241 g/mol. The molecule has 1 aromatic carbocycles. The van der Waals surface area contributed by atoms with E-state index in [1.165, 1.54) is 39.0 Å². The normalized spacial score (nSPS) is 15.6. The van der Waals surface area contributed by atoms with Crippen molar-refractivity contribution >= 4 is 11.6 Å². The van der Waals surface area contributed by atoms with Crippen LogP contribution in [0.15, 0.2) is 24.3 Å². The molecule has 0 bridgehead atoms. The summed E-state index contributed by atoms with van der Waals surface area (Å²) < 4.78 is 0. The molecule has 0 radical (unpaired) electrons. The number of hydrogen-bond acceptors (Lipinski definition) is 1. The molecule has 2 rings (SSSR count). The van der Waals surface area contributed by atoms with Gasteiger partial charge in [0.25, 0.3) is 0 Å². The molecule has 0 aliphatic heterocycles. The summed E-state index contributed by atoms with van der Waals surface area (Å²) in [5, 5.41) is 2.82. The Bertz CT molecular complexity index is 475. The van der Waals surface area contributed by atoms with Crippen molar-refractivity contribution in [2.24, 2.45) is 5.92 Å². The van der Waals surface area contributed by atoms with Crippen LogP contribution in [0, 0.1) is 17.8 Å². The number of nitrogens with one attached hydrogen (secondary N) is 1. The molecular weight excluding hydrogens is 222 g/mol. The standard InChI is InChI=1S/C16H19NO/c1-13(18)17-16-10-6-5-9-15(16)12-11-14-7-3-2-4-8-14/h5-6,9-10,14H,2-4,7-8H2,1H3,(H,17,18). The number of carbonyl (C=O) groups is 1. The third-order valence-corrected chi connectivity index (χ3v) is 3.25. The summed E-state index contributed by atoms with van der Waals surface area (Å²) in [4.78, 5) is 11.1. The van der Waals surface area contributed by atoms with E-state index in [0.717, 1.165) is 11.3 Å². The van der Waals surface area contributed by atoms with E-state index in [1.807, 2.05) is 24.3 Å². The van der Waals surface area contributed by atoms with Crippen LogP contribution in [-0.4, -0.2) is 5.91 Å². The SMILES string of the molecule is CC(=O)Nc1ccccc1C#CC1CCCCC1. The molecule has 1 saturated carbocycles. The Kier molecular flexibility index (Phi) is 4.41. The van der Waals surface area contributed by atoms with Crippen LogP contribution < -0.4 is 5.32 Å². The van der Waals surface area contributed by atoms with Crippen LogP contribution in [0.25, 0.3) is 0 Å². The number of anilines is 1. The van der Waals surface area contributed by atoms with Gasteiger partial charge in [0.15, 0.2) is 0 Å². The van der Waals surface area contributed by atoms with Crippen molar-refractivity contribution in [1.29, 1.82) is 0 Å². The van der Waals surface area contributed by atoms with Gasteiger partial charge in [-0.05, 0) is 25.0 Å². The zero-order valence-corrected chi connectivity index (χ0v) is 10.8. The molecule has 1 aliphatic carbocycles. The van der Waals surface area contributed by atoms with Crippen molar-refractivity contribution in [3.05, 3.63) is 29.8 Å². The molecule has 18 heavy (non-hydrogen) atoms. The molecule has 2 nitrogen and oxygen atoms in total. The second-order valence-electron chi connectivity index (χ2n) is 4.83. The maximum atomic E-state index is 11.1. The van der Waals surface area contributed by atoms with E-state index in [4.69, 9.17) is 0 Å². The van der Waals surface area contributed by atoms with Crippen LogP contribution in [0.4, 0.5) is 5.69 Å². The average Bonchev–Trinajstić information content (AvgIpc) is 2.38. The molecule has 0 atom stereocenters. The predicted molar refractivity (Wildman–Crippen MR) is 74.2 cm³/mol. The monoisotopic (exact) mass is 241 g/mol. The van der Waals surface area contributed by atoms with E-state index in [-0.39, 0.29) is 5.91 Å². The zero-order chi connectivity index (χ0) is 12.8. The quantitative estimate of drug-likeness (QED) is 0.748. The molecule has 0 spiro atoms.